The van der Waals surface area contributed by atoms with Crippen molar-refractivity contribution in [1.29, 1.82) is 0 Å². The maximum Gasteiger partial charge on any atom is 0.143 e. The van der Waals surface area contributed by atoms with Crippen molar-refractivity contribution in [2.45, 2.75) is 0 Å². The zero-order chi connectivity index (χ0) is 53.2. The lowest BCUT2D eigenvalue weighted by Crippen LogP contribution is -1.91. The van der Waals surface area contributed by atoms with Gasteiger partial charge in [0.25, 0.3) is 0 Å². The number of hydrogen-bond acceptors (Lipinski definition) is 1. The van der Waals surface area contributed by atoms with Gasteiger partial charge in [-0.25, -0.2) is 0 Å². The minimum absolute atomic E-state index is 0.327. The zero-order valence-electron chi connectivity index (χ0n) is 49.5. The van der Waals surface area contributed by atoms with Crippen LogP contribution < -0.4 is 0 Å². The average Bonchev–Trinajstić information content (AvgIpc) is 3.72. The Kier molecular flexibility index (Phi) is 2.38. The Morgan fingerprint density at radius 3 is 1.60 bits per heavy atom. The van der Waals surface area contributed by atoms with Crippen molar-refractivity contribution < 1.29 is 41.4 Å². The van der Waals surface area contributed by atoms with Crippen LogP contribution in [0.1, 0.15) is 37.0 Å². The SMILES string of the molecule is [2H]c1cc2c(oc3c([2H])c([2H])c([2H])c(-c4c([2H])c([2H])c([2H])c([2H])c4[2H])c32)c(-c2c3c([2H])c([2H])c([2H])c([2H])c3c(-c3c([2H])c([2H])c([2H])c(-c4c([2H])c([2H])c([2H])c([2H])c4[2H])c3[2H])c3c([2H])c([2H])c([2H])c([2H])c23)c1[2H]. The molecular formula is C44H28O. The lowest BCUT2D eigenvalue weighted by molar-refractivity contribution is 0.670. The van der Waals surface area contributed by atoms with Crippen molar-refractivity contribution in [3.8, 4) is 44.5 Å². The van der Waals surface area contributed by atoms with Gasteiger partial charge in [0.2, 0.25) is 0 Å². The molecule has 0 radical (unpaired) electrons. The van der Waals surface area contributed by atoms with Crippen LogP contribution in [0.3, 0.4) is 0 Å². The molecule has 210 valence electrons. The number of fused-ring (bicyclic) bond motifs is 5. The maximum atomic E-state index is 9.62. The standard InChI is InChI=1S/C44H28O/c1-3-14-29(15-4-1)31-18-11-19-32(28-31)41-34-20-7-9-22-36(34)42(37-23-10-8-21-35(37)41)38-25-12-26-39-43-33(30-16-5-2-6-17-30)24-13-27-40(43)45-44(38)39/h1-28H/i1D,2D,3D,4D,5D,6D,7D,8D,9D,10D,11D,12D,13D,14D,15D,16D,17D,18D,19D,20D,21D,22D,23D,24D,25D,27D,28D. The molecule has 0 saturated heterocycles. The third-order valence-corrected chi connectivity index (χ3v) is 7.20. The van der Waals surface area contributed by atoms with Crippen molar-refractivity contribution in [3.05, 3.63) is 169 Å². The number of hydrogen-bond donors (Lipinski definition) is 0. The van der Waals surface area contributed by atoms with E-state index in [0.29, 0.717) is 0 Å². The first-order chi connectivity index (χ1) is 33.6. The molecule has 45 heavy (non-hydrogen) atoms. The van der Waals surface area contributed by atoms with E-state index in [4.69, 9.17) is 31.8 Å². The fourth-order valence-corrected chi connectivity index (χ4v) is 5.39. The molecule has 0 aliphatic carbocycles. The normalized spacial score (nSPS) is 20.0. The summed E-state index contributed by atoms with van der Waals surface area (Å²) in [5.74, 6) is 0. The van der Waals surface area contributed by atoms with Crippen molar-refractivity contribution in [2.24, 2.45) is 0 Å². The molecule has 0 aliphatic rings. The average molecular weight is 600 g/mol. The molecule has 9 rings (SSSR count). The summed E-state index contributed by atoms with van der Waals surface area (Å²) >= 11 is 0. The Bertz CT molecular complexity index is 3920. The van der Waals surface area contributed by atoms with Gasteiger partial charge >= 0.3 is 0 Å². The molecule has 1 heterocycles. The molecule has 1 heteroatoms. The summed E-state index contributed by atoms with van der Waals surface area (Å²) in [7, 11) is 0. The van der Waals surface area contributed by atoms with Crippen molar-refractivity contribution in [3.63, 3.8) is 0 Å². The first kappa shape index (κ1) is 10.3. The van der Waals surface area contributed by atoms with Gasteiger partial charge in [0.1, 0.15) is 11.2 Å². The number of rotatable bonds is 4. The molecule has 0 N–H and O–H groups in total. The van der Waals surface area contributed by atoms with E-state index < -0.39 is 240 Å². The number of furan rings is 1. The first-order valence-electron chi connectivity index (χ1n) is 26.7. The second-order valence-corrected chi connectivity index (χ2v) is 9.59. The van der Waals surface area contributed by atoms with Crippen LogP contribution in [-0.4, -0.2) is 0 Å². The molecular weight excluding hydrogens is 544 g/mol. The lowest BCUT2D eigenvalue weighted by Gasteiger charge is -2.18. The third-order valence-electron chi connectivity index (χ3n) is 7.20. The Morgan fingerprint density at radius 2 is 0.911 bits per heavy atom. The second kappa shape index (κ2) is 10.4. The summed E-state index contributed by atoms with van der Waals surface area (Å²) in [4.78, 5) is 0. The highest BCUT2D eigenvalue weighted by atomic mass is 16.3. The lowest BCUT2D eigenvalue weighted by atomic mass is 9.85. The molecule has 1 aromatic heterocycles. The van der Waals surface area contributed by atoms with Crippen LogP contribution in [0.15, 0.2) is 174 Å². The largest absolute Gasteiger partial charge is 0.455 e. The van der Waals surface area contributed by atoms with E-state index in [2.05, 4.69) is 0 Å². The van der Waals surface area contributed by atoms with E-state index >= 15 is 0 Å². The van der Waals surface area contributed by atoms with Gasteiger partial charge in [0.15, 0.2) is 0 Å². The molecule has 0 spiro atoms. The Morgan fingerprint density at radius 1 is 0.378 bits per heavy atom. The Balaban J connectivity index is 1.61. The van der Waals surface area contributed by atoms with Gasteiger partial charge in [-0.3, -0.25) is 0 Å². The van der Waals surface area contributed by atoms with Crippen molar-refractivity contribution in [1.82, 2.24) is 0 Å². The summed E-state index contributed by atoms with van der Waals surface area (Å²) in [6, 6.07) is -23.8. The van der Waals surface area contributed by atoms with Gasteiger partial charge in [-0.15, -0.1) is 0 Å². The van der Waals surface area contributed by atoms with Crippen LogP contribution in [0, 0.1) is 0 Å². The number of para-hydroxylation sites is 1. The summed E-state index contributed by atoms with van der Waals surface area (Å²) < 4.78 is 246. The molecule has 0 aliphatic heterocycles. The fraction of sp³-hybridized carbons (Fsp3) is 0. The zero-order valence-corrected chi connectivity index (χ0v) is 22.5. The highest BCUT2D eigenvalue weighted by molar-refractivity contribution is 6.25. The molecule has 0 unspecified atom stereocenters. The summed E-state index contributed by atoms with van der Waals surface area (Å²) in [6.07, 6.45) is 0. The van der Waals surface area contributed by atoms with Crippen molar-refractivity contribution in [2.75, 3.05) is 0 Å². The highest BCUT2D eigenvalue weighted by Crippen LogP contribution is 2.47. The predicted octanol–water partition coefficient (Wildman–Crippen LogP) is 12.6. The molecule has 9 aromatic rings. The van der Waals surface area contributed by atoms with Gasteiger partial charge in [-0.2, -0.15) is 0 Å². The fourth-order valence-electron chi connectivity index (χ4n) is 5.39. The van der Waals surface area contributed by atoms with Crippen LogP contribution in [0.4, 0.5) is 0 Å². The first-order valence-corrected chi connectivity index (χ1v) is 13.2. The van der Waals surface area contributed by atoms with Crippen LogP contribution in [0.2, 0.25) is 0 Å². The molecule has 0 bridgehead atoms. The third kappa shape index (κ3) is 4.09. The monoisotopic (exact) mass is 599 g/mol. The van der Waals surface area contributed by atoms with Crippen LogP contribution in [0.5, 0.6) is 0 Å². The quantitative estimate of drug-likeness (QED) is 0.183. The van der Waals surface area contributed by atoms with Crippen LogP contribution in [-0.2, 0) is 0 Å². The predicted molar refractivity (Wildman–Crippen MR) is 190 cm³/mol. The van der Waals surface area contributed by atoms with E-state index in [1.165, 1.54) is 0 Å². The van der Waals surface area contributed by atoms with Crippen molar-refractivity contribution >= 4 is 43.5 Å². The van der Waals surface area contributed by atoms with Gasteiger partial charge in [0.05, 0.1) is 37.0 Å². The van der Waals surface area contributed by atoms with E-state index in [1.54, 1.807) is 0 Å². The van der Waals surface area contributed by atoms with Gasteiger partial charge < -0.3 is 4.42 Å². The summed E-state index contributed by atoms with van der Waals surface area (Å²) in [5.41, 5.74) is -6.84. The van der Waals surface area contributed by atoms with E-state index in [0.717, 1.165) is 6.07 Å². The second-order valence-electron chi connectivity index (χ2n) is 9.59. The molecule has 0 saturated carbocycles. The molecule has 0 amide bonds. The Labute approximate surface area is 299 Å². The minimum Gasteiger partial charge on any atom is -0.455 e. The maximum absolute atomic E-state index is 9.62. The van der Waals surface area contributed by atoms with Gasteiger partial charge in [-0.05, 0) is 67.0 Å². The van der Waals surface area contributed by atoms with Gasteiger partial charge in [-0.1, -0.05) is 157 Å². The van der Waals surface area contributed by atoms with Crippen LogP contribution >= 0.6 is 0 Å². The summed E-state index contributed by atoms with van der Waals surface area (Å²) in [6.45, 7) is 0. The minimum atomic E-state index is -1.04. The number of benzene rings is 8. The smallest absolute Gasteiger partial charge is 0.143 e. The topological polar surface area (TPSA) is 13.1 Å². The molecule has 0 atom stereocenters. The molecule has 8 aromatic carbocycles. The van der Waals surface area contributed by atoms with Gasteiger partial charge in [0, 0.05) is 21.9 Å². The Hall–Kier alpha value is -5.92. The van der Waals surface area contributed by atoms with E-state index in [-0.39, 0.29) is 10.8 Å². The van der Waals surface area contributed by atoms with E-state index in [1.807, 2.05) is 0 Å². The molecule has 1 nitrogen and oxygen atoms in total. The molecule has 0 fully saturated rings. The van der Waals surface area contributed by atoms with E-state index in [9.17, 15) is 9.60 Å². The summed E-state index contributed by atoms with van der Waals surface area (Å²) in [5, 5.41) is -3.60. The highest BCUT2D eigenvalue weighted by Gasteiger charge is 2.21. The van der Waals surface area contributed by atoms with Crippen LogP contribution in [0.25, 0.3) is 88.0 Å².